The lowest BCUT2D eigenvalue weighted by molar-refractivity contribution is -0.697. The minimum absolute atomic E-state index is 0.0731. The van der Waals surface area contributed by atoms with E-state index < -0.39 is 0 Å². The topological polar surface area (TPSA) is 42.7 Å². The van der Waals surface area contributed by atoms with E-state index in [0.29, 0.717) is 25.6 Å². The number of carbonyl (C=O) groups is 1. The van der Waals surface area contributed by atoms with Crippen LogP contribution in [0.5, 0.6) is 0 Å². The molecule has 0 amide bonds. The molecule has 0 radical (unpaired) electrons. The summed E-state index contributed by atoms with van der Waals surface area (Å²) in [6.07, 6.45) is 27.9. The maximum absolute atomic E-state index is 12.2. The molecule has 0 spiro atoms. The molecule has 0 aliphatic rings. The molecule has 0 aromatic carbocycles. The molecule has 0 saturated heterocycles. The minimum atomic E-state index is -0.0731. The largest absolute Gasteiger partial charge is 0.465 e. The fraction of sp³-hybridized carbons (Fsp3) is 0.824. The van der Waals surface area contributed by atoms with E-state index in [4.69, 9.17) is 9.47 Å². The number of hydrogen-bond donors (Lipinski definition) is 0. The zero-order valence-corrected chi connectivity index (χ0v) is 26.3. The van der Waals surface area contributed by atoms with Crippen molar-refractivity contribution in [2.45, 2.75) is 142 Å². The molecule has 226 valence electrons. The molecule has 5 heteroatoms. The number of anilines is 1. The average molecular weight is 548 g/mol. The molecule has 1 aromatic heterocycles. The summed E-state index contributed by atoms with van der Waals surface area (Å²) in [7, 11) is 4.09. The summed E-state index contributed by atoms with van der Waals surface area (Å²) < 4.78 is 13.7. The number of esters is 1. The number of aryl methyl sites for hydroxylation is 1. The van der Waals surface area contributed by atoms with Gasteiger partial charge >= 0.3 is 5.97 Å². The van der Waals surface area contributed by atoms with Gasteiger partial charge in [-0.2, -0.15) is 0 Å². The molecule has 0 aliphatic carbocycles. The fourth-order valence-corrected chi connectivity index (χ4v) is 5.02. The number of hydrogen-bond acceptors (Lipinski definition) is 4. The summed E-state index contributed by atoms with van der Waals surface area (Å²) >= 11 is 0. The first-order valence-electron chi connectivity index (χ1n) is 16.5. The van der Waals surface area contributed by atoms with E-state index in [1.165, 1.54) is 89.2 Å². The Morgan fingerprint density at radius 2 is 1.31 bits per heavy atom. The van der Waals surface area contributed by atoms with Gasteiger partial charge in [0.15, 0.2) is 12.4 Å². The van der Waals surface area contributed by atoms with Gasteiger partial charge in [-0.05, 0) is 19.3 Å². The molecule has 0 bridgehead atoms. The summed E-state index contributed by atoms with van der Waals surface area (Å²) in [6, 6.07) is 4.23. The second-order valence-electron chi connectivity index (χ2n) is 11.7. The van der Waals surface area contributed by atoms with Crippen molar-refractivity contribution in [2.75, 3.05) is 38.8 Å². The van der Waals surface area contributed by atoms with Crippen LogP contribution in [0.3, 0.4) is 0 Å². The monoisotopic (exact) mass is 547 g/mol. The van der Waals surface area contributed by atoms with Crippen molar-refractivity contribution < 1.29 is 18.8 Å². The van der Waals surface area contributed by atoms with Crippen LogP contribution in [0.4, 0.5) is 5.69 Å². The Bertz CT molecular complexity index is 678. The lowest BCUT2D eigenvalue weighted by Gasteiger charge is -2.16. The Balaban J connectivity index is 1.96. The third-order valence-electron chi connectivity index (χ3n) is 7.61. The molecule has 0 N–H and O–H groups in total. The molecule has 1 heterocycles. The van der Waals surface area contributed by atoms with Gasteiger partial charge in [-0.15, -0.1) is 0 Å². The molecule has 0 aliphatic heterocycles. The zero-order chi connectivity index (χ0) is 28.4. The maximum Gasteiger partial charge on any atom is 0.305 e. The maximum atomic E-state index is 12.2. The Morgan fingerprint density at radius 1 is 0.744 bits per heavy atom. The van der Waals surface area contributed by atoms with Crippen LogP contribution in [0.25, 0.3) is 0 Å². The smallest absolute Gasteiger partial charge is 0.305 e. The number of ether oxygens (including phenoxy) is 2. The van der Waals surface area contributed by atoms with Crippen molar-refractivity contribution in [2.24, 2.45) is 5.92 Å². The van der Waals surface area contributed by atoms with E-state index in [1.807, 2.05) is 14.1 Å². The van der Waals surface area contributed by atoms with Crippen molar-refractivity contribution in [1.82, 2.24) is 0 Å². The number of unbranched alkanes of at least 4 members (excludes halogenated alkanes) is 14. The van der Waals surface area contributed by atoms with E-state index in [9.17, 15) is 4.79 Å². The van der Waals surface area contributed by atoms with Crippen molar-refractivity contribution in [1.29, 1.82) is 0 Å². The summed E-state index contributed by atoms with van der Waals surface area (Å²) in [5, 5.41) is 0. The molecule has 39 heavy (non-hydrogen) atoms. The molecule has 5 nitrogen and oxygen atoms in total. The highest BCUT2D eigenvalue weighted by Crippen LogP contribution is 2.14. The van der Waals surface area contributed by atoms with Crippen molar-refractivity contribution >= 4 is 11.7 Å². The minimum Gasteiger partial charge on any atom is -0.465 e. The van der Waals surface area contributed by atoms with Crippen LogP contribution in [-0.4, -0.2) is 39.9 Å². The second-order valence-corrected chi connectivity index (χ2v) is 11.7. The number of nitrogens with zero attached hydrogens (tertiary/aromatic N) is 2. The van der Waals surface area contributed by atoms with Crippen molar-refractivity contribution in [3.8, 4) is 0 Å². The van der Waals surface area contributed by atoms with Crippen molar-refractivity contribution in [3.63, 3.8) is 0 Å². The number of aromatic nitrogens is 1. The molecule has 1 atom stereocenters. The quantitative estimate of drug-likeness (QED) is 0.0628. The average Bonchev–Trinajstić information content (AvgIpc) is 2.94. The standard InChI is InChI=1S/C34H63N2O3/c1-5-7-8-9-10-11-12-13-14-15-16-17-18-21-29-38-30-32(22-6-2)31-39-34(37)23-19-20-26-36-27-24-33(25-28-36)35(3)4/h24-25,27-28,32H,5-23,26,29-31H2,1-4H3/q+1. The first-order valence-corrected chi connectivity index (χ1v) is 16.5. The SMILES string of the molecule is CCCCCCCCCCCCCCCCOCC(CCC)COC(=O)CCCC[n+]1ccc(N(C)C)cc1. The molecule has 1 aromatic rings. The Morgan fingerprint density at radius 3 is 1.85 bits per heavy atom. The van der Waals surface area contributed by atoms with Crippen LogP contribution < -0.4 is 9.47 Å². The highest BCUT2D eigenvalue weighted by molar-refractivity contribution is 5.69. The van der Waals surface area contributed by atoms with Crippen LogP contribution in [0.1, 0.15) is 136 Å². The van der Waals surface area contributed by atoms with Gasteiger partial charge in [0.2, 0.25) is 0 Å². The third kappa shape index (κ3) is 20.9. The molecule has 0 fully saturated rings. The number of rotatable bonds is 27. The summed E-state index contributed by atoms with van der Waals surface area (Å²) in [4.78, 5) is 14.3. The number of pyridine rings is 1. The van der Waals surface area contributed by atoms with E-state index in [-0.39, 0.29) is 5.97 Å². The molecule has 1 unspecified atom stereocenters. The lowest BCUT2D eigenvalue weighted by Crippen LogP contribution is -2.32. The van der Waals surface area contributed by atoms with Gasteiger partial charge in [0.25, 0.3) is 0 Å². The Hall–Kier alpha value is -1.62. The van der Waals surface area contributed by atoms with Crippen molar-refractivity contribution in [3.05, 3.63) is 24.5 Å². The van der Waals surface area contributed by atoms with E-state index in [0.717, 1.165) is 45.3 Å². The predicted molar refractivity (Wildman–Crippen MR) is 165 cm³/mol. The third-order valence-corrected chi connectivity index (χ3v) is 7.61. The summed E-state index contributed by atoms with van der Waals surface area (Å²) in [5.41, 5.74) is 1.19. The van der Waals surface area contributed by atoms with Crippen LogP contribution >= 0.6 is 0 Å². The van der Waals surface area contributed by atoms with Crippen LogP contribution in [0.15, 0.2) is 24.5 Å². The van der Waals surface area contributed by atoms with Gasteiger partial charge < -0.3 is 14.4 Å². The van der Waals surface area contributed by atoms with Gasteiger partial charge in [-0.25, -0.2) is 4.57 Å². The molecule has 1 rings (SSSR count). The Kier molecular flexibility index (Phi) is 23.0. The highest BCUT2D eigenvalue weighted by atomic mass is 16.5. The second kappa shape index (κ2) is 25.4. The van der Waals surface area contributed by atoms with Gasteiger partial charge in [0, 0.05) is 57.3 Å². The van der Waals surface area contributed by atoms with Crippen LogP contribution in [0.2, 0.25) is 0 Å². The van der Waals surface area contributed by atoms with E-state index in [2.05, 4.69) is 47.8 Å². The van der Waals surface area contributed by atoms with Crippen LogP contribution in [-0.2, 0) is 20.8 Å². The summed E-state index contributed by atoms with van der Waals surface area (Å²) in [5.74, 6) is 0.243. The molecular weight excluding hydrogens is 484 g/mol. The van der Waals surface area contributed by atoms with E-state index >= 15 is 0 Å². The predicted octanol–water partition coefficient (Wildman–Crippen LogP) is 8.67. The van der Waals surface area contributed by atoms with Gasteiger partial charge in [0.05, 0.1) is 13.2 Å². The number of carbonyl (C=O) groups excluding carboxylic acids is 1. The highest BCUT2D eigenvalue weighted by Gasteiger charge is 2.12. The first kappa shape index (κ1) is 35.4. The van der Waals surface area contributed by atoms with Gasteiger partial charge in [0.1, 0.15) is 6.54 Å². The van der Waals surface area contributed by atoms with Gasteiger partial charge in [-0.1, -0.05) is 104 Å². The van der Waals surface area contributed by atoms with E-state index in [1.54, 1.807) is 0 Å². The summed E-state index contributed by atoms with van der Waals surface area (Å²) in [6.45, 7) is 7.43. The normalized spacial score (nSPS) is 12.0. The Labute approximate surface area is 242 Å². The fourth-order valence-electron chi connectivity index (χ4n) is 5.02. The molecular formula is C34H63N2O3+. The molecule has 0 saturated carbocycles. The first-order chi connectivity index (χ1) is 19.1. The van der Waals surface area contributed by atoms with Crippen LogP contribution in [0, 0.1) is 5.92 Å². The zero-order valence-electron chi connectivity index (χ0n) is 26.3. The lowest BCUT2D eigenvalue weighted by atomic mass is 10.0. The van der Waals surface area contributed by atoms with Gasteiger partial charge in [-0.3, -0.25) is 4.79 Å².